The van der Waals surface area contributed by atoms with Crippen LogP contribution in [0.5, 0.6) is 0 Å². The van der Waals surface area contributed by atoms with E-state index in [1.54, 1.807) is 18.2 Å². The molecular weight excluding hydrogens is 524 g/mol. The lowest BCUT2D eigenvalue weighted by molar-refractivity contribution is -0.147. The molecule has 2 aromatic carbocycles. The van der Waals surface area contributed by atoms with Crippen LogP contribution in [0.1, 0.15) is 66.8 Å². The van der Waals surface area contributed by atoms with Gasteiger partial charge in [0.1, 0.15) is 11.6 Å². The summed E-state index contributed by atoms with van der Waals surface area (Å²) in [6, 6.07) is 9.14. The summed E-state index contributed by atoms with van der Waals surface area (Å²) in [4.78, 5) is 36.5. The Balaban J connectivity index is 1.10. The van der Waals surface area contributed by atoms with Gasteiger partial charge in [0.05, 0.1) is 16.8 Å². The predicted octanol–water partition coefficient (Wildman–Crippen LogP) is 4.83. The lowest BCUT2D eigenvalue weighted by Gasteiger charge is -2.64. The normalized spacial score (nSPS) is 29.5. The first-order valence-corrected chi connectivity index (χ1v) is 14.7. The van der Waals surface area contributed by atoms with E-state index in [0.29, 0.717) is 35.1 Å². The summed E-state index contributed by atoms with van der Waals surface area (Å²) in [6.07, 6.45) is 2.74. The van der Waals surface area contributed by atoms with Gasteiger partial charge in [-0.15, -0.1) is 0 Å². The van der Waals surface area contributed by atoms with Crippen molar-refractivity contribution in [2.45, 2.75) is 59.0 Å². The van der Waals surface area contributed by atoms with E-state index >= 15 is 0 Å². The summed E-state index contributed by atoms with van der Waals surface area (Å²) in [6.45, 7) is 12.1. The average Bonchev–Trinajstić information content (AvgIpc) is 3.16. The van der Waals surface area contributed by atoms with Gasteiger partial charge >= 0.3 is 0 Å². The molecule has 5 aliphatic rings. The fourth-order valence-electron chi connectivity index (χ4n) is 7.94. The van der Waals surface area contributed by atoms with E-state index in [4.69, 9.17) is 5.73 Å². The number of benzene rings is 2. The molecule has 2 heterocycles. The van der Waals surface area contributed by atoms with E-state index in [-0.39, 0.29) is 29.7 Å². The van der Waals surface area contributed by atoms with Gasteiger partial charge in [0.25, 0.3) is 11.8 Å². The van der Waals surface area contributed by atoms with Crippen LogP contribution in [0.3, 0.4) is 0 Å². The van der Waals surface area contributed by atoms with Crippen molar-refractivity contribution in [1.29, 1.82) is 0 Å². The molecule has 3 saturated carbocycles. The van der Waals surface area contributed by atoms with Crippen molar-refractivity contribution in [3.63, 3.8) is 0 Å². The van der Waals surface area contributed by atoms with Crippen molar-refractivity contribution in [3.8, 4) is 0 Å². The molecule has 1 saturated heterocycles. The van der Waals surface area contributed by atoms with Crippen molar-refractivity contribution in [3.05, 3.63) is 64.7 Å². The molecule has 41 heavy (non-hydrogen) atoms. The number of carbonyl (C=O) groups is 2. The number of piperazine rings is 1. The maximum atomic E-state index is 14.1. The van der Waals surface area contributed by atoms with E-state index < -0.39 is 23.4 Å². The highest BCUT2D eigenvalue weighted by Crippen LogP contribution is 2.62. The van der Waals surface area contributed by atoms with Gasteiger partial charge in [0.2, 0.25) is 0 Å². The lowest BCUT2D eigenvalue weighted by Crippen LogP contribution is -2.65. The number of aliphatic imine (C=N–C) groups is 1. The van der Waals surface area contributed by atoms with Crippen LogP contribution in [0.15, 0.2) is 41.4 Å². The van der Waals surface area contributed by atoms with E-state index in [2.05, 4.69) is 42.5 Å². The van der Waals surface area contributed by atoms with Crippen LogP contribution < -0.4 is 5.73 Å². The number of hydrogen-bond acceptors (Lipinski definition) is 4. The van der Waals surface area contributed by atoms with Gasteiger partial charge < -0.3 is 10.6 Å². The van der Waals surface area contributed by atoms with Gasteiger partial charge in [-0.05, 0) is 79.2 Å². The Morgan fingerprint density at radius 2 is 1.78 bits per heavy atom. The quantitative estimate of drug-likeness (QED) is 0.320. The summed E-state index contributed by atoms with van der Waals surface area (Å²) >= 11 is 0. The van der Waals surface area contributed by atoms with E-state index in [1.165, 1.54) is 18.9 Å². The van der Waals surface area contributed by atoms with Crippen LogP contribution in [0.4, 0.5) is 14.5 Å². The summed E-state index contributed by atoms with van der Waals surface area (Å²) < 4.78 is 27.3. The van der Waals surface area contributed by atoms with Gasteiger partial charge in [-0.1, -0.05) is 26.8 Å². The maximum Gasteiger partial charge on any atom is 0.261 e. The van der Waals surface area contributed by atoms with E-state index in [0.717, 1.165) is 48.5 Å². The van der Waals surface area contributed by atoms with E-state index in [9.17, 15) is 18.4 Å². The minimum atomic E-state index is -0.697. The molecule has 0 spiro atoms. The minimum Gasteiger partial charge on any atom is -0.369 e. The molecule has 4 fully saturated rings. The van der Waals surface area contributed by atoms with Crippen molar-refractivity contribution < 1.29 is 18.4 Å². The smallest absolute Gasteiger partial charge is 0.261 e. The van der Waals surface area contributed by atoms with Gasteiger partial charge in [0.15, 0.2) is 5.96 Å². The maximum absolute atomic E-state index is 14.1. The van der Waals surface area contributed by atoms with Crippen LogP contribution in [0.25, 0.3) is 0 Å². The molecule has 2 aliphatic heterocycles. The second kappa shape index (κ2) is 10.2. The molecule has 7 nitrogen and oxygen atoms in total. The number of hydrogen-bond donors (Lipinski definition) is 1. The molecule has 7 rings (SSSR count). The lowest BCUT2D eigenvalue weighted by atomic mass is 9.44. The highest BCUT2D eigenvalue weighted by molar-refractivity contribution is 6.21. The number of nitrogens with zero attached hydrogens (tertiary/aromatic N) is 4. The average molecular weight is 564 g/mol. The highest BCUT2D eigenvalue weighted by atomic mass is 19.1. The van der Waals surface area contributed by atoms with Crippen LogP contribution in [0.2, 0.25) is 0 Å². The second-order valence-corrected chi connectivity index (χ2v) is 13.0. The SMILES string of the molecule is C[C@H]1[C@@H](N2CCN(C(N)=Nc3ccc4c(c3)C(=O)N(CCc3ccc(F)cc3F)C4=O)C[C@@H]2C)C[C@@H]2C[C@@H]1C2(C)C. The molecule has 2 bridgehead atoms. The molecule has 2 aromatic rings. The van der Waals surface area contributed by atoms with Gasteiger partial charge in [0, 0.05) is 44.3 Å². The molecule has 3 aliphatic carbocycles. The first-order chi connectivity index (χ1) is 19.5. The summed E-state index contributed by atoms with van der Waals surface area (Å²) in [5, 5.41) is 0. The molecule has 0 radical (unpaired) electrons. The molecule has 2 amide bonds. The number of amides is 2. The van der Waals surface area contributed by atoms with Crippen LogP contribution >= 0.6 is 0 Å². The standard InChI is InChI=1S/C32H39F2N5O2/c1-18-17-37(11-12-38(18)28-14-21-13-26(19(28)2)32(21,3)4)31(35)36-23-7-8-24-25(16-23)30(41)39(29(24)40)10-9-20-5-6-22(33)15-27(20)34/h5-8,15-16,18-19,21,26,28H,9-14,17H2,1-4H3,(H2,35,36)/t18-,19+,21-,26-,28-/m0/s1. The zero-order chi connectivity index (χ0) is 29.2. The number of guanidine groups is 1. The van der Waals surface area contributed by atoms with Crippen molar-refractivity contribution >= 4 is 23.5 Å². The number of halogens is 2. The second-order valence-electron chi connectivity index (χ2n) is 13.0. The number of nitrogens with two attached hydrogens (primary N) is 1. The summed E-state index contributed by atoms with van der Waals surface area (Å²) in [5.41, 5.74) is 8.23. The monoisotopic (exact) mass is 563 g/mol. The Labute approximate surface area is 240 Å². The third-order valence-electron chi connectivity index (χ3n) is 10.6. The van der Waals surface area contributed by atoms with Crippen LogP contribution in [0, 0.1) is 34.8 Å². The molecule has 2 N–H and O–H groups in total. The molecule has 9 heteroatoms. The largest absolute Gasteiger partial charge is 0.369 e. The Kier molecular flexibility index (Phi) is 6.91. The first kappa shape index (κ1) is 27.8. The van der Waals surface area contributed by atoms with Gasteiger partial charge in [-0.2, -0.15) is 0 Å². The fraction of sp³-hybridized carbons (Fsp3) is 0.531. The van der Waals surface area contributed by atoms with Crippen LogP contribution in [-0.4, -0.2) is 70.7 Å². The Hall–Kier alpha value is -3.33. The van der Waals surface area contributed by atoms with Crippen molar-refractivity contribution in [1.82, 2.24) is 14.7 Å². The zero-order valence-corrected chi connectivity index (χ0v) is 24.2. The predicted molar refractivity (Wildman–Crippen MR) is 154 cm³/mol. The minimum absolute atomic E-state index is 0.00357. The summed E-state index contributed by atoms with van der Waals surface area (Å²) in [7, 11) is 0. The molecule has 0 aromatic heterocycles. The number of imide groups is 1. The topological polar surface area (TPSA) is 82.2 Å². The summed E-state index contributed by atoms with van der Waals surface area (Å²) in [5.74, 6) is 0.464. The van der Waals surface area contributed by atoms with Crippen molar-refractivity contribution in [2.75, 3.05) is 26.2 Å². The van der Waals surface area contributed by atoms with Gasteiger partial charge in [-0.3, -0.25) is 19.4 Å². The molecular formula is C32H39F2N5O2. The molecule has 218 valence electrons. The Bertz CT molecular complexity index is 1420. The first-order valence-electron chi connectivity index (χ1n) is 14.7. The van der Waals surface area contributed by atoms with Crippen molar-refractivity contribution in [2.24, 2.45) is 33.9 Å². The number of fused-ring (bicyclic) bond motifs is 3. The number of carbonyl (C=O) groups excluding carboxylic acids is 2. The third kappa shape index (κ3) is 4.72. The fourth-order valence-corrected chi connectivity index (χ4v) is 7.94. The Morgan fingerprint density at radius 3 is 2.46 bits per heavy atom. The van der Waals surface area contributed by atoms with Crippen LogP contribution in [-0.2, 0) is 6.42 Å². The molecule has 5 atom stereocenters. The van der Waals surface area contributed by atoms with E-state index in [1.807, 2.05) is 0 Å². The third-order valence-corrected chi connectivity index (χ3v) is 10.6. The highest BCUT2D eigenvalue weighted by Gasteiger charge is 2.57. The number of rotatable bonds is 5. The van der Waals surface area contributed by atoms with Gasteiger partial charge in [-0.25, -0.2) is 13.8 Å². The zero-order valence-electron chi connectivity index (χ0n) is 24.2. The molecule has 0 unspecified atom stereocenters. The Morgan fingerprint density at radius 1 is 1.02 bits per heavy atom.